The summed E-state index contributed by atoms with van der Waals surface area (Å²) in [5, 5.41) is 11.8. The van der Waals surface area contributed by atoms with Gasteiger partial charge in [-0.1, -0.05) is 13.8 Å². The van der Waals surface area contributed by atoms with Crippen molar-refractivity contribution < 1.29 is 9.90 Å². The van der Waals surface area contributed by atoms with Gasteiger partial charge in [0, 0.05) is 25.7 Å². The van der Waals surface area contributed by atoms with Crippen molar-refractivity contribution in [1.29, 1.82) is 0 Å². The van der Waals surface area contributed by atoms with Crippen LogP contribution < -0.4 is 5.32 Å². The summed E-state index contributed by atoms with van der Waals surface area (Å²) in [5.41, 5.74) is 0. The molecule has 1 unspecified atom stereocenters. The highest BCUT2D eigenvalue weighted by molar-refractivity contribution is 5.74. The van der Waals surface area contributed by atoms with Crippen LogP contribution in [0.4, 0.5) is 4.79 Å². The van der Waals surface area contributed by atoms with E-state index >= 15 is 0 Å². The highest BCUT2D eigenvalue weighted by Crippen LogP contribution is 2.24. The van der Waals surface area contributed by atoms with Crippen LogP contribution in [0.3, 0.4) is 0 Å². The van der Waals surface area contributed by atoms with Gasteiger partial charge in [0.2, 0.25) is 0 Å². The molecule has 1 aliphatic rings. The molecule has 0 aromatic carbocycles. The van der Waals surface area contributed by atoms with Gasteiger partial charge in [0.15, 0.2) is 0 Å². The summed E-state index contributed by atoms with van der Waals surface area (Å²) in [7, 11) is 0. The first-order chi connectivity index (χ1) is 8.54. The highest BCUT2D eigenvalue weighted by Gasteiger charge is 2.24. The average molecular weight is 256 g/mol. The molecule has 1 rings (SSSR count). The van der Waals surface area contributed by atoms with E-state index in [9.17, 15) is 4.79 Å². The number of nitrogens with zero attached hydrogens (tertiary/aromatic N) is 1. The number of nitrogens with one attached hydrogen (secondary N) is 1. The fraction of sp³-hybridized carbons (Fsp3) is 0.929. The largest absolute Gasteiger partial charge is 0.396 e. The lowest BCUT2D eigenvalue weighted by Gasteiger charge is -2.34. The smallest absolute Gasteiger partial charge is 0.317 e. The van der Waals surface area contributed by atoms with Crippen molar-refractivity contribution in [2.24, 2.45) is 11.8 Å². The second kappa shape index (κ2) is 7.62. The van der Waals surface area contributed by atoms with Gasteiger partial charge in [0.25, 0.3) is 0 Å². The van der Waals surface area contributed by atoms with Crippen molar-refractivity contribution >= 4 is 6.03 Å². The van der Waals surface area contributed by atoms with E-state index in [4.69, 9.17) is 5.11 Å². The first kappa shape index (κ1) is 15.3. The van der Waals surface area contributed by atoms with E-state index in [0.717, 1.165) is 50.6 Å². The number of urea groups is 1. The molecule has 1 saturated heterocycles. The number of aliphatic hydroxyl groups is 1. The second-order valence-corrected chi connectivity index (χ2v) is 5.78. The molecule has 2 N–H and O–H groups in total. The van der Waals surface area contributed by atoms with Gasteiger partial charge in [0.1, 0.15) is 0 Å². The van der Waals surface area contributed by atoms with Crippen molar-refractivity contribution in [2.45, 2.75) is 52.5 Å². The number of rotatable bonds is 5. The Morgan fingerprint density at radius 3 is 2.44 bits per heavy atom. The molecular formula is C14H28N2O2. The third-order valence-corrected chi connectivity index (χ3v) is 3.93. The second-order valence-electron chi connectivity index (χ2n) is 5.78. The SMILES string of the molecule is CC(CCCO)NC(=O)N1CCC(C(C)C)CC1. The van der Waals surface area contributed by atoms with Crippen LogP contribution in [0, 0.1) is 11.8 Å². The lowest BCUT2D eigenvalue weighted by molar-refractivity contribution is 0.153. The Kier molecular flexibility index (Phi) is 6.47. The number of amides is 2. The van der Waals surface area contributed by atoms with Gasteiger partial charge < -0.3 is 15.3 Å². The van der Waals surface area contributed by atoms with Crippen LogP contribution in [0.5, 0.6) is 0 Å². The molecular weight excluding hydrogens is 228 g/mol. The molecule has 1 fully saturated rings. The minimum atomic E-state index is 0.0580. The maximum absolute atomic E-state index is 12.0. The summed E-state index contributed by atoms with van der Waals surface area (Å²) in [5.74, 6) is 1.49. The van der Waals surface area contributed by atoms with Gasteiger partial charge >= 0.3 is 6.03 Å². The predicted octanol–water partition coefficient (Wildman–Crippen LogP) is 2.22. The Hall–Kier alpha value is -0.770. The van der Waals surface area contributed by atoms with E-state index in [1.807, 2.05) is 11.8 Å². The molecule has 0 radical (unpaired) electrons. The summed E-state index contributed by atoms with van der Waals surface area (Å²) in [6.45, 7) is 8.46. The van der Waals surface area contributed by atoms with Crippen molar-refractivity contribution in [3.05, 3.63) is 0 Å². The lowest BCUT2D eigenvalue weighted by atomic mass is 9.87. The van der Waals surface area contributed by atoms with Crippen LogP contribution in [-0.2, 0) is 0 Å². The number of piperidine rings is 1. The molecule has 0 aromatic rings. The Bertz CT molecular complexity index is 248. The molecule has 18 heavy (non-hydrogen) atoms. The Morgan fingerprint density at radius 1 is 1.33 bits per heavy atom. The molecule has 1 atom stereocenters. The number of hydrogen-bond acceptors (Lipinski definition) is 2. The standard InChI is InChI=1S/C14H28N2O2/c1-11(2)13-6-8-16(9-7-13)14(18)15-12(3)5-4-10-17/h11-13,17H,4-10H2,1-3H3,(H,15,18). The van der Waals surface area contributed by atoms with Crippen molar-refractivity contribution in [1.82, 2.24) is 10.2 Å². The van der Waals surface area contributed by atoms with E-state index in [0.29, 0.717) is 0 Å². The molecule has 0 spiro atoms. The molecule has 0 aliphatic carbocycles. The van der Waals surface area contributed by atoms with Crippen molar-refractivity contribution in [3.8, 4) is 0 Å². The zero-order valence-corrected chi connectivity index (χ0v) is 12.0. The van der Waals surface area contributed by atoms with E-state index in [2.05, 4.69) is 19.2 Å². The summed E-state index contributed by atoms with van der Waals surface area (Å²) in [4.78, 5) is 13.9. The number of carbonyl (C=O) groups is 1. The maximum Gasteiger partial charge on any atom is 0.317 e. The average Bonchev–Trinajstić information content (AvgIpc) is 2.36. The molecule has 106 valence electrons. The molecule has 0 saturated carbocycles. The Morgan fingerprint density at radius 2 is 1.94 bits per heavy atom. The van der Waals surface area contributed by atoms with Crippen molar-refractivity contribution in [3.63, 3.8) is 0 Å². The van der Waals surface area contributed by atoms with Gasteiger partial charge in [0.05, 0.1) is 0 Å². The Labute approximate surface area is 111 Å². The quantitative estimate of drug-likeness (QED) is 0.792. The molecule has 0 aromatic heterocycles. The van der Waals surface area contributed by atoms with E-state index in [1.54, 1.807) is 0 Å². The maximum atomic E-state index is 12.0. The van der Waals surface area contributed by atoms with Crippen LogP contribution >= 0.6 is 0 Å². The zero-order valence-electron chi connectivity index (χ0n) is 12.0. The van der Waals surface area contributed by atoms with Crippen molar-refractivity contribution in [2.75, 3.05) is 19.7 Å². The van der Waals surface area contributed by atoms with Crippen LogP contribution in [0.25, 0.3) is 0 Å². The Balaban J connectivity index is 2.27. The summed E-state index contributed by atoms with van der Waals surface area (Å²) in [6.07, 6.45) is 3.83. The first-order valence-electron chi connectivity index (χ1n) is 7.21. The third-order valence-electron chi connectivity index (χ3n) is 3.93. The normalized spacial score (nSPS) is 19.1. The third kappa shape index (κ3) is 4.84. The van der Waals surface area contributed by atoms with Crippen LogP contribution in [0.15, 0.2) is 0 Å². The van der Waals surface area contributed by atoms with E-state index < -0.39 is 0 Å². The van der Waals surface area contributed by atoms with Gasteiger partial charge in [-0.15, -0.1) is 0 Å². The van der Waals surface area contributed by atoms with Gasteiger partial charge in [-0.3, -0.25) is 0 Å². The first-order valence-corrected chi connectivity index (χ1v) is 7.21. The summed E-state index contributed by atoms with van der Waals surface area (Å²) >= 11 is 0. The van der Waals surface area contributed by atoms with E-state index in [1.165, 1.54) is 0 Å². The monoisotopic (exact) mass is 256 g/mol. The van der Waals surface area contributed by atoms with E-state index in [-0.39, 0.29) is 18.7 Å². The van der Waals surface area contributed by atoms with Gasteiger partial charge in [-0.25, -0.2) is 4.79 Å². The fourth-order valence-corrected chi connectivity index (χ4v) is 2.54. The van der Waals surface area contributed by atoms with Crippen LogP contribution in [-0.4, -0.2) is 41.8 Å². The fourth-order valence-electron chi connectivity index (χ4n) is 2.54. The highest BCUT2D eigenvalue weighted by atomic mass is 16.3. The minimum Gasteiger partial charge on any atom is -0.396 e. The number of aliphatic hydroxyl groups excluding tert-OH is 1. The molecule has 0 bridgehead atoms. The number of carbonyl (C=O) groups excluding carboxylic acids is 1. The predicted molar refractivity (Wildman–Crippen MR) is 73.4 cm³/mol. The minimum absolute atomic E-state index is 0.0580. The number of likely N-dealkylation sites (tertiary alicyclic amines) is 1. The molecule has 1 aliphatic heterocycles. The van der Waals surface area contributed by atoms with Gasteiger partial charge in [-0.2, -0.15) is 0 Å². The zero-order chi connectivity index (χ0) is 13.5. The molecule has 4 heteroatoms. The number of hydrogen-bond donors (Lipinski definition) is 2. The van der Waals surface area contributed by atoms with Gasteiger partial charge in [-0.05, 0) is 44.4 Å². The van der Waals surface area contributed by atoms with Crippen LogP contribution in [0.2, 0.25) is 0 Å². The molecule has 1 heterocycles. The van der Waals surface area contributed by atoms with Crippen LogP contribution in [0.1, 0.15) is 46.5 Å². The molecule has 2 amide bonds. The lowest BCUT2D eigenvalue weighted by Crippen LogP contribution is -2.47. The summed E-state index contributed by atoms with van der Waals surface area (Å²) < 4.78 is 0. The molecule has 4 nitrogen and oxygen atoms in total. The topological polar surface area (TPSA) is 52.6 Å². The summed E-state index contributed by atoms with van der Waals surface area (Å²) in [6, 6.07) is 0.204.